The van der Waals surface area contributed by atoms with Crippen LogP contribution in [0.4, 0.5) is 4.39 Å². The van der Waals surface area contributed by atoms with Crippen LogP contribution in [0.3, 0.4) is 0 Å². The fourth-order valence-corrected chi connectivity index (χ4v) is 2.35. The Kier molecular flexibility index (Phi) is 4.04. The van der Waals surface area contributed by atoms with Crippen LogP contribution in [0.15, 0.2) is 18.2 Å². The minimum atomic E-state index is -0.704. The molecule has 0 spiro atoms. The lowest BCUT2D eigenvalue weighted by Gasteiger charge is -2.34. The summed E-state index contributed by atoms with van der Waals surface area (Å²) in [5, 5.41) is 15.2. The Morgan fingerprint density at radius 1 is 1.58 bits per heavy atom. The van der Waals surface area contributed by atoms with Crippen molar-refractivity contribution in [1.82, 2.24) is 10.6 Å². The van der Waals surface area contributed by atoms with Crippen molar-refractivity contribution in [3.63, 3.8) is 0 Å². The highest BCUT2D eigenvalue weighted by Gasteiger charge is 2.27. The van der Waals surface area contributed by atoms with E-state index in [2.05, 4.69) is 17.6 Å². The van der Waals surface area contributed by atoms with Gasteiger partial charge >= 0.3 is 0 Å². The third kappa shape index (κ3) is 3.44. The molecule has 0 aromatic heterocycles. The highest BCUT2D eigenvalue weighted by molar-refractivity contribution is 5.94. The number of amides is 1. The molecule has 3 N–H and O–H groups in total. The van der Waals surface area contributed by atoms with Gasteiger partial charge in [0, 0.05) is 19.2 Å². The van der Waals surface area contributed by atoms with Crippen molar-refractivity contribution in [2.45, 2.75) is 19.8 Å². The molecule has 1 fully saturated rings. The molecule has 1 heterocycles. The number of benzene rings is 1. The number of hydrogen-bond acceptors (Lipinski definition) is 3. The fraction of sp³-hybridized carbons (Fsp3) is 0.500. The summed E-state index contributed by atoms with van der Waals surface area (Å²) in [5.74, 6) is -1.33. The van der Waals surface area contributed by atoms with Crippen LogP contribution in [0.25, 0.3) is 0 Å². The van der Waals surface area contributed by atoms with E-state index in [0.717, 1.165) is 32.0 Å². The summed E-state index contributed by atoms with van der Waals surface area (Å²) in [7, 11) is 0. The topological polar surface area (TPSA) is 61.4 Å². The lowest BCUT2D eigenvalue weighted by molar-refractivity contribution is 0.0920. The van der Waals surface area contributed by atoms with Gasteiger partial charge < -0.3 is 15.7 Å². The number of nitrogens with one attached hydrogen (secondary N) is 2. The molecule has 0 radical (unpaired) electrons. The van der Waals surface area contributed by atoms with E-state index in [9.17, 15) is 9.18 Å². The van der Waals surface area contributed by atoms with Gasteiger partial charge in [-0.1, -0.05) is 6.92 Å². The molecule has 1 unspecified atom stereocenters. The summed E-state index contributed by atoms with van der Waals surface area (Å²) in [6.45, 7) is 4.48. The van der Waals surface area contributed by atoms with Crippen LogP contribution in [0.5, 0.6) is 5.75 Å². The van der Waals surface area contributed by atoms with E-state index in [1.807, 2.05) is 0 Å². The Morgan fingerprint density at radius 2 is 2.37 bits per heavy atom. The second kappa shape index (κ2) is 5.57. The van der Waals surface area contributed by atoms with E-state index < -0.39 is 11.7 Å². The van der Waals surface area contributed by atoms with Gasteiger partial charge in [0.15, 0.2) is 0 Å². The molecule has 0 bridgehead atoms. The zero-order valence-corrected chi connectivity index (χ0v) is 11.0. The van der Waals surface area contributed by atoms with Crippen molar-refractivity contribution in [3.05, 3.63) is 29.6 Å². The van der Waals surface area contributed by atoms with E-state index in [-0.39, 0.29) is 16.7 Å². The lowest BCUT2D eigenvalue weighted by atomic mass is 9.83. The van der Waals surface area contributed by atoms with Crippen LogP contribution >= 0.6 is 0 Å². The first kappa shape index (κ1) is 13.8. The molecule has 1 aliphatic heterocycles. The van der Waals surface area contributed by atoms with Gasteiger partial charge in [-0.05, 0) is 36.9 Å². The summed E-state index contributed by atoms with van der Waals surface area (Å²) in [6.07, 6.45) is 2.12. The molecule has 1 saturated heterocycles. The molecule has 1 atom stereocenters. The normalized spacial score (nSPS) is 23.1. The van der Waals surface area contributed by atoms with Crippen molar-refractivity contribution in [3.8, 4) is 5.75 Å². The molecule has 19 heavy (non-hydrogen) atoms. The van der Waals surface area contributed by atoms with Gasteiger partial charge in [0.1, 0.15) is 11.6 Å². The molecule has 0 aliphatic carbocycles. The minimum Gasteiger partial charge on any atom is -0.508 e. The number of aromatic hydroxyl groups is 1. The SMILES string of the molecule is CC1(CNC(=O)c2ccc(O)cc2F)CCCNC1. The predicted molar refractivity (Wildman–Crippen MR) is 70.6 cm³/mol. The van der Waals surface area contributed by atoms with E-state index in [1.54, 1.807) is 0 Å². The van der Waals surface area contributed by atoms with Crippen LogP contribution in [0, 0.1) is 11.2 Å². The standard InChI is InChI=1S/C14H19FN2O2/c1-14(5-2-6-16-8-14)9-17-13(19)11-4-3-10(18)7-12(11)15/h3-4,7,16,18H,2,5-6,8-9H2,1H3,(H,17,19). The van der Waals surface area contributed by atoms with E-state index in [1.165, 1.54) is 12.1 Å². The van der Waals surface area contributed by atoms with E-state index in [4.69, 9.17) is 5.11 Å². The average Bonchev–Trinajstić information content (AvgIpc) is 2.37. The monoisotopic (exact) mass is 266 g/mol. The van der Waals surface area contributed by atoms with Gasteiger partial charge in [-0.3, -0.25) is 4.79 Å². The molecule has 1 aromatic rings. The van der Waals surface area contributed by atoms with Crippen LogP contribution in [-0.4, -0.2) is 30.6 Å². The molecular weight excluding hydrogens is 247 g/mol. The molecule has 2 rings (SSSR count). The van der Waals surface area contributed by atoms with Crippen LogP contribution < -0.4 is 10.6 Å². The maximum absolute atomic E-state index is 13.5. The highest BCUT2D eigenvalue weighted by atomic mass is 19.1. The number of carbonyl (C=O) groups excluding carboxylic acids is 1. The number of phenols is 1. The maximum Gasteiger partial charge on any atom is 0.254 e. The van der Waals surface area contributed by atoms with Gasteiger partial charge in [-0.15, -0.1) is 0 Å². The van der Waals surface area contributed by atoms with Crippen molar-refractivity contribution >= 4 is 5.91 Å². The largest absolute Gasteiger partial charge is 0.508 e. The van der Waals surface area contributed by atoms with Crippen LogP contribution in [-0.2, 0) is 0 Å². The number of carbonyl (C=O) groups is 1. The Balaban J connectivity index is 1.97. The van der Waals surface area contributed by atoms with Crippen LogP contribution in [0.1, 0.15) is 30.1 Å². The van der Waals surface area contributed by atoms with Gasteiger partial charge in [-0.2, -0.15) is 0 Å². The molecule has 1 aromatic carbocycles. The second-order valence-electron chi connectivity index (χ2n) is 5.44. The van der Waals surface area contributed by atoms with Crippen molar-refractivity contribution < 1.29 is 14.3 Å². The molecule has 5 heteroatoms. The van der Waals surface area contributed by atoms with E-state index in [0.29, 0.717) is 6.54 Å². The average molecular weight is 266 g/mol. The third-order valence-corrected chi connectivity index (χ3v) is 3.56. The molecular formula is C14H19FN2O2. The number of halogens is 1. The van der Waals surface area contributed by atoms with Crippen LogP contribution in [0.2, 0.25) is 0 Å². The summed E-state index contributed by atoms with van der Waals surface area (Å²) >= 11 is 0. The Morgan fingerprint density at radius 3 is 3.00 bits per heavy atom. The predicted octanol–water partition coefficient (Wildman–Crippen LogP) is 1.65. The summed E-state index contributed by atoms with van der Waals surface area (Å²) in [6, 6.07) is 3.54. The smallest absolute Gasteiger partial charge is 0.254 e. The number of phenolic OH excluding ortho intramolecular Hbond substituents is 1. The van der Waals surface area contributed by atoms with Crippen molar-refractivity contribution in [2.75, 3.05) is 19.6 Å². The fourth-order valence-electron chi connectivity index (χ4n) is 2.35. The van der Waals surface area contributed by atoms with E-state index >= 15 is 0 Å². The molecule has 1 amide bonds. The first-order valence-electron chi connectivity index (χ1n) is 6.48. The molecule has 0 saturated carbocycles. The van der Waals surface area contributed by atoms with Gasteiger partial charge in [0.05, 0.1) is 5.56 Å². The van der Waals surface area contributed by atoms with Crippen molar-refractivity contribution in [1.29, 1.82) is 0 Å². The zero-order chi connectivity index (χ0) is 13.9. The summed E-state index contributed by atoms with van der Waals surface area (Å²) in [5.41, 5.74) is -0.0217. The maximum atomic E-state index is 13.5. The minimum absolute atomic E-state index is 0.0152. The quantitative estimate of drug-likeness (QED) is 0.779. The van der Waals surface area contributed by atoms with Gasteiger partial charge in [-0.25, -0.2) is 4.39 Å². The Labute approximate surface area is 112 Å². The first-order valence-corrected chi connectivity index (χ1v) is 6.48. The second-order valence-corrected chi connectivity index (χ2v) is 5.44. The first-order chi connectivity index (χ1) is 9.00. The molecule has 4 nitrogen and oxygen atoms in total. The lowest BCUT2D eigenvalue weighted by Crippen LogP contribution is -2.45. The zero-order valence-electron chi connectivity index (χ0n) is 11.0. The number of hydrogen-bond donors (Lipinski definition) is 3. The molecule has 1 aliphatic rings. The van der Waals surface area contributed by atoms with Crippen molar-refractivity contribution in [2.24, 2.45) is 5.41 Å². The van der Waals surface area contributed by atoms with Gasteiger partial charge in [0.2, 0.25) is 0 Å². The highest BCUT2D eigenvalue weighted by Crippen LogP contribution is 2.24. The summed E-state index contributed by atoms with van der Waals surface area (Å²) < 4.78 is 13.5. The van der Waals surface area contributed by atoms with Gasteiger partial charge in [0.25, 0.3) is 5.91 Å². The number of piperidine rings is 1. The Hall–Kier alpha value is -1.62. The molecule has 104 valence electrons. The third-order valence-electron chi connectivity index (χ3n) is 3.56. The summed E-state index contributed by atoms with van der Waals surface area (Å²) in [4.78, 5) is 11.9. The number of rotatable bonds is 3. The Bertz CT molecular complexity index is 471.